The van der Waals surface area contributed by atoms with Crippen LogP contribution in [-0.4, -0.2) is 19.8 Å². The summed E-state index contributed by atoms with van der Waals surface area (Å²) in [5.74, 6) is 0. The fourth-order valence-corrected chi connectivity index (χ4v) is 4.83. The number of phosphoric ester groups is 1. The van der Waals surface area contributed by atoms with Crippen molar-refractivity contribution in [2.24, 2.45) is 0 Å². The first-order chi connectivity index (χ1) is 14.7. The quantitative estimate of drug-likeness (QED) is 0.103. The highest BCUT2D eigenvalue weighted by molar-refractivity contribution is 7.48. The van der Waals surface area contributed by atoms with Crippen LogP contribution in [0.5, 0.6) is 0 Å². The number of phosphoric acid groups is 1. The van der Waals surface area contributed by atoms with Crippen molar-refractivity contribution in [2.45, 2.75) is 143 Å². The summed E-state index contributed by atoms with van der Waals surface area (Å²) < 4.78 is 29.4. The SMILES string of the molecule is CCCCCCCCCCCOP(=O)(OCCC)OCCCCCCCCCCC. The molecule has 0 spiro atoms. The summed E-state index contributed by atoms with van der Waals surface area (Å²) in [4.78, 5) is 0. The maximum atomic E-state index is 12.8. The molecule has 0 bridgehead atoms. The molecule has 0 atom stereocenters. The topological polar surface area (TPSA) is 44.8 Å². The molecule has 0 fully saturated rings. The molecule has 0 unspecified atom stereocenters. The van der Waals surface area contributed by atoms with Gasteiger partial charge in [-0.3, -0.25) is 13.6 Å². The second-order valence-electron chi connectivity index (χ2n) is 8.60. The van der Waals surface area contributed by atoms with Gasteiger partial charge in [-0.15, -0.1) is 0 Å². The van der Waals surface area contributed by atoms with Gasteiger partial charge in [0.25, 0.3) is 0 Å². The lowest BCUT2D eigenvalue weighted by Crippen LogP contribution is -2.04. The Morgan fingerprint density at radius 3 is 1.03 bits per heavy atom. The van der Waals surface area contributed by atoms with Crippen LogP contribution in [0.1, 0.15) is 143 Å². The van der Waals surface area contributed by atoms with E-state index in [1.165, 1.54) is 89.9 Å². The summed E-state index contributed by atoms with van der Waals surface area (Å²) in [5.41, 5.74) is 0. The number of rotatable bonds is 25. The lowest BCUT2D eigenvalue weighted by Gasteiger charge is -2.17. The smallest absolute Gasteiger partial charge is 0.287 e. The van der Waals surface area contributed by atoms with Crippen LogP contribution in [0.3, 0.4) is 0 Å². The third kappa shape index (κ3) is 21.3. The molecule has 0 aromatic carbocycles. The Bertz CT molecular complexity index is 348. The highest BCUT2D eigenvalue weighted by Gasteiger charge is 2.25. The van der Waals surface area contributed by atoms with E-state index < -0.39 is 7.82 Å². The minimum absolute atomic E-state index is 0.423. The van der Waals surface area contributed by atoms with Gasteiger partial charge in [0.15, 0.2) is 0 Å². The molecule has 0 heterocycles. The molecule has 0 rings (SSSR count). The van der Waals surface area contributed by atoms with Gasteiger partial charge < -0.3 is 0 Å². The molecule has 0 aliphatic carbocycles. The number of hydrogen-bond donors (Lipinski definition) is 0. The van der Waals surface area contributed by atoms with E-state index in [4.69, 9.17) is 13.6 Å². The Balaban J connectivity index is 3.73. The van der Waals surface area contributed by atoms with E-state index in [2.05, 4.69) is 13.8 Å². The van der Waals surface area contributed by atoms with Crippen molar-refractivity contribution in [2.75, 3.05) is 19.8 Å². The van der Waals surface area contributed by atoms with Crippen LogP contribution in [0.2, 0.25) is 0 Å². The molecular formula is C25H53O4P. The van der Waals surface area contributed by atoms with Gasteiger partial charge in [0.05, 0.1) is 19.8 Å². The normalized spacial score (nSPS) is 12.0. The van der Waals surface area contributed by atoms with Gasteiger partial charge in [-0.2, -0.15) is 0 Å². The summed E-state index contributed by atoms with van der Waals surface area (Å²) in [6.45, 7) is 7.87. The molecule has 0 N–H and O–H groups in total. The summed E-state index contributed by atoms with van der Waals surface area (Å²) >= 11 is 0. The van der Waals surface area contributed by atoms with Crippen LogP contribution in [0.4, 0.5) is 0 Å². The first-order valence-corrected chi connectivity index (χ1v) is 14.7. The van der Waals surface area contributed by atoms with Gasteiger partial charge >= 0.3 is 7.82 Å². The lowest BCUT2D eigenvalue weighted by atomic mass is 10.1. The van der Waals surface area contributed by atoms with Crippen molar-refractivity contribution in [1.82, 2.24) is 0 Å². The molecule has 0 aromatic rings. The molecule has 182 valence electrons. The minimum Gasteiger partial charge on any atom is -0.287 e. The zero-order chi connectivity index (χ0) is 22.2. The molecule has 0 aliphatic rings. The second-order valence-corrected chi connectivity index (χ2v) is 10.3. The van der Waals surface area contributed by atoms with Crippen LogP contribution in [0, 0.1) is 0 Å². The number of hydrogen-bond acceptors (Lipinski definition) is 4. The minimum atomic E-state index is -3.38. The molecule has 5 heteroatoms. The first-order valence-electron chi connectivity index (χ1n) is 13.2. The fraction of sp³-hybridized carbons (Fsp3) is 1.00. The Morgan fingerprint density at radius 1 is 0.400 bits per heavy atom. The van der Waals surface area contributed by atoms with Gasteiger partial charge in [0.2, 0.25) is 0 Å². The van der Waals surface area contributed by atoms with E-state index in [-0.39, 0.29) is 0 Å². The molecule has 0 saturated carbocycles. The second kappa shape index (κ2) is 23.8. The standard InChI is InChI=1S/C25H53O4P/c1-4-7-9-11-13-15-17-19-21-24-28-30(26,27-23-6-3)29-25-22-20-18-16-14-12-10-8-5-2/h4-25H2,1-3H3. The van der Waals surface area contributed by atoms with Gasteiger partial charge in [-0.1, -0.05) is 124 Å². The zero-order valence-electron chi connectivity index (χ0n) is 20.6. The Labute approximate surface area is 188 Å². The monoisotopic (exact) mass is 448 g/mol. The largest absolute Gasteiger partial charge is 0.474 e. The van der Waals surface area contributed by atoms with Crippen molar-refractivity contribution in [3.63, 3.8) is 0 Å². The van der Waals surface area contributed by atoms with Crippen LogP contribution >= 0.6 is 7.82 Å². The van der Waals surface area contributed by atoms with E-state index in [9.17, 15) is 4.57 Å². The molecule has 4 nitrogen and oxygen atoms in total. The van der Waals surface area contributed by atoms with E-state index in [1.54, 1.807) is 0 Å². The van der Waals surface area contributed by atoms with Crippen molar-refractivity contribution in [3.05, 3.63) is 0 Å². The first kappa shape index (κ1) is 30.1. The van der Waals surface area contributed by atoms with Crippen molar-refractivity contribution < 1.29 is 18.1 Å². The summed E-state index contributed by atoms with van der Waals surface area (Å²) in [7, 11) is -3.38. The van der Waals surface area contributed by atoms with E-state index in [0.29, 0.717) is 19.8 Å². The third-order valence-corrected chi connectivity index (χ3v) is 6.94. The van der Waals surface area contributed by atoms with E-state index in [1.807, 2.05) is 6.92 Å². The van der Waals surface area contributed by atoms with E-state index in [0.717, 1.165) is 32.1 Å². The molecule has 30 heavy (non-hydrogen) atoms. The zero-order valence-corrected chi connectivity index (χ0v) is 21.5. The predicted octanol–water partition coefficient (Wildman–Crippen LogP) is 9.62. The van der Waals surface area contributed by atoms with Gasteiger partial charge in [0.1, 0.15) is 0 Å². The van der Waals surface area contributed by atoms with Gasteiger partial charge in [0, 0.05) is 0 Å². The maximum Gasteiger partial charge on any atom is 0.474 e. The summed E-state index contributed by atoms with van der Waals surface area (Å²) in [5, 5.41) is 0. The maximum absolute atomic E-state index is 12.8. The fourth-order valence-electron chi connectivity index (χ4n) is 3.49. The Kier molecular flexibility index (Phi) is 23.9. The summed E-state index contributed by atoms with van der Waals surface area (Å²) in [6, 6.07) is 0. The molecule has 0 radical (unpaired) electrons. The summed E-state index contributed by atoms with van der Waals surface area (Å²) in [6.07, 6.45) is 23.4. The predicted molar refractivity (Wildman–Crippen MR) is 130 cm³/mol. The molecule has 0 saturated heterocycles. The van der Waals surface area contributed by atoms with Gasteiger partial charge in [-0.05, 0) is 19.3 Å². The lowest BCUT2D eigenvalue weighted by molar-refractivity contribution is 0.110. The van der Waals surface area contributed by atoms with Crippen molar-refractivity contribution in [1.29, 1.82) is 0 Å². The molecular weight excluding hydrogens is 395 g/mol. The van der Waals surface area contributed by atoms with Crippen molar-refractivity contribution >= 4 is 7.82 Å². The van der Waals surface area contributed by atoms with Gasteiger partial charge in [-0.25, -0.2) is 4.57 Å². The van der Waals surface area contributed by atoms with Crippen LogP contribution in [0.25, 0.3) is 0 Å². The average molecular weight is 449 g/mol. The highest BCUT2D eigenvalue weighted by atomic mass is 31.2. The Hall–Kier alpha value is 0.110. The number of unbranched alkanes of at least 4 members (excludes halogenated alkanes) is 16. The molecule has 0 aliphatic heterocycles. The van der Waals surface area contributed by atoms with Crippen LogP contribution in [0.15, 0.2) is 0 Å². The molecule has 0 aromatic heterocycles. The van der Waals surface area contributed by atoms with E-state index >= 15 is 0 Å². The van der Waals surface area contributed by atoms with Crippen LogP contribution in [-0.2, 0) is 18.1 Å². The highest BCUT2D eigenvalue weighted by Crippen LogP contribution is 2.49. The van der Waals surface area contributed by atoms with Crippen molar-refractivity contribution in [3.8, 4) is 0 Å². The van der Waals surface area contributed by atoms with Crippen LogP contribution < -0.4 is 0 Å². The molecule has 0 amide bonds. The Morgan fingerprint density at radius 2 is 0.700 bits per heavy atom. The third-order valence-electron chi connectivity index (χ3n) is 5.45. The average Bonchev–Trinajstić information content (AvgIpc) is 2.75.